The van der Waals surface area contributed by atoms with Gasteiger partial charge in [0.25, 0.3) is 0 Å². The third-order valence-corrected chi connectivity index (χ3v) is 1.72. The summed E-state index contributed by atoms with van der Waals surface area (Å²) in [5, 5.41) is 19.3. The van der Waals surface area contributed by atoms with Crippen molar-refractivity contribution in [2.75, 3.05) is 6.61 Å². The third-order valence-electron chi connectivity index (χ3n) is 1.72. The number of hydrogen-bond acceptors (Lipinski definition) is 2. The minimum atomic E-state index is -1.02. The Morgan fingerprint density at radius 3 is 2.82 bits per heavy atom. The Morgan fingerprint density at radius 2 is 2.36 bits per heavy atom. The second kappa shape index (κ2) is 3.39. The molecule has 11 heavy (non-hydrogen) atoms. The van der Waals surface area contributed by atoms with E-state index in [9.17, 15) is 4.79 Å². The van der Waals surface area contributed by atoms with Gasteiger partial charge in [-0.3, -0.25) is 0 Å². The molecule has 0 bridgehead atoms. The van der Waals surface area contributed by atoms with Crippen LogP contribution in [0.3, 0.4) is 0 Å². The van der Waals surface area contributed by atoms with Gasteiger partial charge in [-0.2, -0.15) is 0 Å². The van der Waals surface area contributed by atoms with Crippen LogP contribution in [0.1, 0.15) is 6.42 Å². The minimum absolute atomic E-state index is 0.0916. The van der Waals surface area contributed by atoms with Gasteiger partial charge < -0.3 is 15.5 Å². The van der Waals surface area contributed by atoms with Crippen molar-refractivity contribution >= 4 is 6.09 Å². The van der Waals surface area contributed by atoms with Crippen LogP contribution in [0.5, 0.6) is 0 Å². The largest absolute Gasteiger partial charge is 0.465 e. The lowest BCUT2D eigenvalue weighted by molar-refractivity contribution is 0.189. The molecule has 0 spiro atoms. The van der Waals surface area contributed by atoms with E-state index in [-0.39, 0.29) is 18.6 Å². The summed E-state index contributed by atoms with van der Waals surface area (Å²) in [6.45, 7) is 0.0916. The van der Waals surface area contributed by atoms with E-state index >= 15 is 0 Å². The molecule has 0 saturated heterocycles. The number of aliphatic hydroxyl groups excluding tert-OH is 1. The highest BCUT2D eigenvalue weighted by molar-refractivity contribution is 5.65. The first-order valence-corrected chi connectivity index (χ1v) is 3.51. The quantitative estimate of drug-likeness (QED) is 0.501. The summed E-state index contributed by atoms with van der Waals surface area (Å²) < 4.78 is 0. The van der Waals surface area contributed by atoms with Gasteiger partial charge in [-0.25, -0.2) is 4.79 Å². The Balaban J connectivity index is 2.32. The van der Waals surface area contributed by atoms with Gasteiger partial charge in [-0.15, -0.1) is 0 Å². The molecule has 2 atom stereocenters. The molecule has 3 N–H and O–H groups in total. The van der Waals surface area contributed by atoms with Crippen molar-refractivity contribution in [2.45, 2.75) is 12.5 Å². The van der Waals surface area contributed by atoms with Crippen LogP contribution in [0.25, 0.3) is 0 Å². The van der Waals surface area contributed by atoms with E-state index in [1.54, 1.807) is 6.08 Å². The van der Waals surface area contributed by atoms with Gasteiger partial charge in [0.05, 0.1) is 6.04 Å². The van der Waals surface area contributed by atoms with Gasteiger partial charge in [0.1, 0.15) is 0 Å². The van der Waals surface area contributed by atoms with E-state index in [0.717, 1.165) is 0 Å². The maximum atomic E-state index is 10.1. The smallest absolute Gasteiger partial charge is 0.405 e. The molecule has 1 aliphatic rings. The van der Waals surface area contributed by atoms with E-state index in [2.05, 4.69) is 5.32 Å². The fourth-order valence-corrected chi connectivity index (χ4v) is 1.18. The molecule has 0 fully saturated rings. The fourth-order valence-electron chi connectivity index (χ4n) is 1.18. The van der Waals surface area contributed by atoms with Crippen LogP contribution in [0.15, 0.2) is 12.2 Å². The molecule has 0 unspecified atom stereocenters. The number of carboxylic acid groups (broad SMARTS) is 1. The van der Waals surface area contributed by atoms with E-state index in [4.69, 9.17) is 10.2 Å². The fraction of sp³-hybridized carbons (Fsp3) is 0.571. The van der Waals surface area contributed by atoms with E-state index in [1.165, 1.54) is 0 Å². The average Bonchev–Trinajstić information content (AvgIpc) is 2.34. The van der Waals surface area contributed by atoms with Crippen LogP contribution in [-0.4, -0.2) is 29.0 Å². The van der Waals surface area contributed by atoms with Crippen molar-refractivity contribution in [1.82, 2.24) is 5.32 Å². The number of nitrogens with one attached hydrogen (secondary N) is 1. The third kappa shape index (κ3) is 2.23. The summed E-state index contributed by atoms with van der Waals surface area (Å²) in [4.78, 5) is 10.1. The Morgan fingerprint density at radius 1 is 1.64 bits per heavy atom. The highest BCUT2D eigenvalue weighted by Gasteiger charge is 2.18. The van der Waals surface area contributed by atoms with Crippen LogP contribution < -0.4 is 5.32 Å². The second-order valence-electron chi connectivity index (χ2n) is 2.62. The van der Waals surface area contributed by atoms with Crippen LogP contribution in [0.2, 0.25) is 0 Å². The molecule has 4 heteroatoms. The van der Waals surface area contributed by atoms with Crippen molar-refractivity contribution in [3.05, 3.63) is 12.2 Å². The highest BCUT2D eigenvalue weighted by Crippen LogP contribution is 2.16. The second-order valence-corrected chi connectivity index (χ2v) is 2.62. The first-order chi connectivity index (χ1) is 5.22. The first-order valence-electron chi connectivity index (χ1n) is 3.51. The SMILES string of the molecule is O=C(O)N[C@@H]1C=C[C@H](CO)C1. The van der Waals surface area contributed by atoms with Crippen molar-refractivity contribution < 1.29 is 15.0 Å². The zero-order valence-corrected chi connectivity index (χ0v) is 6.03. The first kappa shape index (κ1) is 8.07. The number of amides is 1. The van der Waals surface area contributed by atoms with Gasteiger partial charge in [0, 0.05) is 12.5 Å². The molecule has 0 aromatic rings. The van der Waals surface area contributed by atoms with Crippen LogP contribution >= 0.6 is 0 Å². The van der Waals surface area contributed by atoms with Gasteiger partial charge in [0.15, 0.2) is 0 Å². The number of aliphatic hydroxyl groups is 1. The Kier molecular flexibility index (Phi) is 2.48. The molecule has 0 aromatic carbocycles. The molecule has 1 amide bonds. The maximum absolute atomic E-state index is 10.1. The number of rotatable bonds is 2. The molecule has 62 valence electrons. The summed E-state index contributed by atoms with van der Waals surface area (Å²) >= 11 is 0. The van der Waals surface area contributed by atoms with Crippen LogP contribution in [0, 0.1) is 5.92 Å². The predicted molar refractivity (Wildman–Crippen MR) is 39.3 cm³/mol. The number of carbonyl (C=O) groups is 1. The molecular weight excluding hydrogens is 146 g/mol. The van der Waals surface area contributed by atoms with Gasteiger partial charge in [-0.05, 0) is 6.42 Å². The lowest BCUT2D eigenvalue weighted by atomic mass is 10.1. The summed E-state index contributed by atoms with van der Waals surface area (Å²) in [5.74, 6) is 0.117. The summed E-state index contributed by atoms with van der Waals surface area (Å²) in [5.41, 5.74) is 0. The van der Waals surface area contributed by atoms with Gasteiger partial charge in [0.2, 0.25) is 0 Å². The van der Waals surface area contributed by atoms with E-state index < -0.39 is 6.09 Å². The molecule has 0 saturated carbocycles. The topological polar surface area (TPSA) is 69.6 Å². The highest BCUT2D eigenvalue weighted by atomic mass is 16.4. The molecule has 1 aliphatic carbocycles. The Labute approximate surface area is 64.5 Å². The van der Waals surface area contributed by atoms with Crippen molar-refractivity contribution in [3.8, 4) is 0 Å². The van der Waals surface area contributed by atoms with E-state index in [1.807, 2.05) is 6.08 Å². The average molecular weight is 157 g/mol. The summed E-state index contributed by atoms with van der Waals surface area (Å²) in [7, 11) is 0. The lowest BCUT2D eigenvalue weighted by Crippen LogP contribution is -2.31. The summed E-state index contributed by atoms with van der Waals surface area (Å²) in [6.07, 6.45) is 3.26. The zero-order valence-electron chi connectivity index (χ0n) is 6.03. The van der Waals surface area contributed by atoms with Crippen LogP contribution in [-0.2, 0) is 0 Å². The Hall–Kier alpha value is -1.03. The molecule has 0 aliphatic heterocycles. The molecule has 0 radical (unpaired) electrons. The van der Waals surface area contributed by atoms with Gasteiger partial charge in [-0.1, -0.05) is 12.2 Å². The van der Waals surface area contributed by atoms with Crippen molar-refractivity contribution in [1.29, 1.82) is 0 Å². The van der Waals surface area contributed by atoms with Crippen molar-refractivity contribution in [3.63, 3.8) is 0 Å². The predicted octanol–water partition coefficient (Wildman–Crippen LogP) is 0.191. The molecular formula is C7H11NO3. The monoisotopic (exact) mass is 157 g/mol. The van der Waals surface area contributed by atoms with Gasteiger partial charge >= 0.3 is 6.09 Å². The summed E-state index contributed by atoms with van der Waals surface area (Å²) in [6, 6.07) is -0.121. The number of hydrogen-bond donors (Lipinski definition) is 3. The maximum Gasteiger partial charge on any atom is 0.405 e. The Bertz CT molecular complexity index is 179. The van der Waals surface area contributed by atoms with Crippen LogP contribution in [0.4, 0.5) is 4.79 Å². The molecule has 0 heterocycles. The van der Waals surface area contributed by atoms with E-state index in [0.29, 0.717) is 6.42 Å². The molecule has 1 rings (SSSR count). The molecule has 4 nitrogen and oxygen atoms in total. The zero-order chi connectivity index (χ0) is 8.27. The van der Waals surface area contributed by atoms with Crippen molar-refractivity contribution in [2.24, 2.45) is 5.92 Å². The normalized spacial score (nSPS) is 28.8. The lowest BCUT2D eigenvalue weighted by Gasteiger charge is -2.08. The minimum Gasteiger partial charge on any atom is -0.465 e. The molecule has 0 aromatic heterocycles. The standard InChI is InChI=1S/C7H11NO3/c9-4-5-1-2-6(3-5)8-7(10)11/h1-2,5-6,8-9H,3-4H2,(H,10,11)/t5-,6+/m0/s1.